The van der Waals surface area contributed by atoms with E-state index in [2.05, 4.69) is 5.32 Å². The summed E-state index contributed by atoms with van der Waals surface area (Å²) in [6.07, 6.45) is 0. The molecular weight excluding hydrogens is 298 g/mol. The third-order valence-electron chi connectivity index (χ3n) is 3.14. The SMILES string of the molecule is Cc1ccc(C)c(NC(=O)CSc2ccccc2C(=O)O)c1. The molecule has 1 amide bonds. The van der Waals surface area contributed by atoms with Crippen molar-refractivity contribution in [3.05, 3.63) is 59.2 Å². The Morgan fingerprint density at radius 2 is 1.86 bits per heavy atom. The van der Waals surface area contributed by atoms with Gasteiger partial charge in [0.05, 0.1) is 11.3 Å². The fraction of sp³-hybridized carbons (Fsp3) is 0.176. The molecule has 0 unspecified atom stereocenters. The number of carboxylic acid groups (broad SMARTS) is 1. The normalized spacial score (nSPS) is 10.3. The second-order valence-electron chi connectivity index (χ2n) is 4.96. The first-order valence-electron chi connectivity index (χ1n) is 6.79. The molecule has 0 radical (unpaired) electrons. The zero-order valence-electron chi connectivity index (χ0n) is 12.4. The van der Waals surface area contributed by atoms with Gasteiger partial charge in [0.15, 0.2) is 0 Å². The largest absolute Gasteiger partial charge is 0.478 e. The number of hydrogen-bond acceptors (Lipinski definition) is 3. The predicted molar refractivity (Wildman–Crippen MR) is 88.7 cm³/mol. The number of thioether (sulfide) groups is 1. The van der Waals surface area contributed by atoms with Crippen LogP contribution in [0, 0.1) is 13.8 Å². The van der Waals surface area contributed by atoms with E-state index in [4.69, 9.17) is 5.11 Å². The van der Waals surface area contributed by atoms with Crippen molar-refractivity contribution in [2.75, 3.05) is 11.1 Å². The van der Waals surface area contributed by atoms with Crippen molar-refractivity contribution in [2.45, 2.75) is 18.7 Å². The van der Waals surface area contributed by atoms with Crippen LogP contribution < -0.4 is 5.32 Å². The van der Waals surface area contributed by atoms with E-state index >= 15 is 0 Å². The van der Waals surface area contributed by atoms with Crippen molar-refractivity contribution in [3.63, 3.8) is 0 Å². The van der Waals surface area contributed by atoms with Gasteiger partial charge in [-0.2, -0.15) is 0 Å². The Hall–Kier alpha value is -2.27. The highest BCUT2D eigenvalue weighted by Gasteiger charge is 2.12. The van der Waals surface area contributed by atoms with Gasteiger partial charge in [-0.25, -0.2) is 4.79 Å². The van der Waals surface area contributed by atoms with Crippen molar-refractivity contribution < 1.29 is 14.7 Å². The van der Waals surface area contributed by atoms with Crippen LogP contribution >= 0.6 is 11.8 Å². The van der Waals surface area contributed by atoms with Crippen molar-refractivity contribution in [2.24, 2.45) is 0 Å². The van der Waals surface area contributed by atoms with E-state index in [1.807, 2.05) is 32.0 Å². The fourth-order valence-corrected chi connectivity index (χ4v) is 2.81. The summed E-state index contributed by atoms with van der Waals surface area (Å²) in [6, 6.07) is 12.5. The van der Waals surface area contributed by atoms with E-state index in [9.17, 15) is 9.59 Å². The van der Waals surface area contributed by atoms with Crippen molar-refractivity contribution >= 4 is 29.3 Å². The number of nitrogens with one attached hydrogen (secondary N) is 1. The van der Waals surface area contributed by atoms with E-state index in [0.29, 0.717) is 4.90 Å². The summed E-state index contributed by atoms with van der Waals surface area (Å²) >= 11 is 1.22. The van der Waals surface area contributed by atoms with Gasteiger partial charge < -0.3 is 10.4 Å². The first-order chi connectivity index (χ1) is 10.5. The fourth-order valence-electron chi connectivity index (χ4n) is 1.97. The molecule has 0 aromatic heterocycles. The summed E-state index contributed by atoms with van der Waals surface area (Å²) in [5.74, 6) is -0.977. The average molecular weight is 315 g/mol. The minimum atomic E-state index is -0.988. The van der Waals surface area contributed by atoms with Crippen LogP contribution in [-0.4, -0.2) is 22.7 Å². The Bertz CT molecular complexity index is 713. The van der Waals surface area contributed by atoms with Gasteiger partial charge in [-0.15, -0.1) is 11.8 Å². The molecule has 0 aliphatic carbocycles. The molecule has 5 heteroatoms. The lowest BCUT2D eigenvalue weighted by atomic mass is 10.1. The number of rotatable bonds is 5. The van der Waals surface area contributed by atoms with Gasteiger partial charge in [0.2, 0.25) is 5.91 Å². The molecular formula is C17H17NO3S. The molecule has 0 aliphatic rings. The van der Waals surface area contributed by atoms with Crippen LogP contribution in [0.3, 0.4) is 0 Å². The maximum absolute atomic E-state index is 12.1. The molecule has 22 heavy (non-hydrogen) atoms. The zero-order chi connectivity index (χ0) is 16.1. The molecule has 4 nitrogen and oxygen atoms in total. The Morgan fingerprint density at radius 1 is 1.14 bits per heavy atom. The van der Waals surface area contributed by atoms with E-state index < -0.39 is 5.97 Å². The number of hydrogen-bond donors (Lipinski definition) is 2. The molecule has 114 valence electrons. The summed E-state index contributed by atoms with van der Waals surface area (Å²) in [5.41, 5.74) is 3.07. The summed E-state index contributed by atoms with van der Waals surface area (Å²) in [6.45, 7) is 3.90. The van der Waals surface area contributed by atoms with Crippen molar-refractivity contribution in [3.8, 4) is 0 Å². The molecule has 0 saturated carbocycles. The molecule has 2 aromatic rings. The van der Waals surface area contributed by atoms with Crippen LogP contribution in [0.1, 0.15) is 21.5 Å². The molecule has 0 aliphatic heterocycles. The number of amides is 1. The second-order valence-corrected chi connectivity index (χ2v) is 5.97. The third-order valence-corrected chi connectivity index (χ3v) is 4.22. The minimum absolute atomic E-state index is 0.154. The Kier molecular flexibility index (Phi) is 5.22. The lowest BCUT2D eigenvalue weighted by molar-refractivity contribution is -0.113. The number of carboxylic acids is 1. The molecule has 0 spiro atoms. The molecule has 0 heterocycles. The average Bonchev–Trinajstić information content (AvgIpc) is 2.49. The van der Waals surface area contributed by atoms with Crippen LogP contribution in [0.2, 0.25) is 0 Å². The standard InChI is InChI=1S/C17H17NO3S/c1-11-7-8-12(2)14(9-11)18-16(19)10-22-15-6-4-3-5-13(15)17(20)21/h3-9H,10H2,1-2H3,(H,18,19)(H,20,21). The van der Waals surface area contributed by atoms with Gasteiger partial charge in [0.1, 0.15) is 0 Å². The molecule has 2 rings (SSSR count). The van der Waals surface area contributed by atoms with Gasteiger partial charge in [0, 0.05) is 10.6 Å². The molecule has 2 N–H and O–H groups in total. The smallest absolute Gasteiger partial charge is 0.336 e. The highest BCUT2D eigenvalue weighted by atomic mass is 32.2. The molecule has 0 fully saturated rings. The summed E-state index contributed by atoms with van der Waals surface area (Å²) in [7, 11) is 0. The number of benzene rings is 2. The zero-order valence-corrected chi connectivity index (χ0v) is 13.2. The Labute approximate surface area is 133 Å². The van der Waals surface area contributed by atoms with E-state index in [-0.39, 0.29) is 17.2 Å². The van der Waals surface area contributed by atoms with Gasteiger partial charge in [0.25, 0.3) is 0 Å². The van der Waals surface area contributed by atoms with Gasteiger partial charge in [-0.3, -0.25) is 4.79 Å². The number of carbonyl (C=O) groups excluding carboxylic acids is 1. The lowest BCUT2D eigenvalue weighted by Gasteiger charge is -2.10. The lowest BCUT2D eigenvalue weighted by Crippen LogP contribution is -2.15. The van der Waals surface area contributed by atoms with Crippen molar-refractivity contribution in [1.29, 1.82) is 0 Å². The summed E-state index contributed by atoms with van der Waals surface area (Å²) in [5, 5.41) is 12.0. The van der Waals surface area contributed by atoms with Crippen LogP contribution in [0.5, 0.6) is 0 Å². The van der Waals surface area contributed by atoms with Crippen LogP contribution in [-0.2, 0) is 4.79 Å². The first kappa shape index (κ1) is 16.1. The maximum atomic E-state index is 12.1. The highest BCUT2D eigenvalue weighted by molar-refractivity contribution is 8.00. The Morgan fingerprint density at radius 3 is 2.59 bits per heavy atom. The molecule has 0 saturated heterocycles. The first-order valence-corrected chi connectivity index (χ1v) is 7.78. The van der Waals surface area contributed by atoms with Gasteiger partial charge >= 0.3 is 5.97 Å². The highest BCUT2D eigenvalue weighted by Crippen LogP contribution is 2.23. The molecule has 0 bridgehead atoms. The molecule has 2 aromatic carbocycles. The Balaban J connectivity index is 2.02. The topological polar surface area (TPSA) is 66.4 Å². The number of carbonyl (C=O) groups is 2. The molecule has 0 atom stereocenters. The van der Waals surface area contributed by atoms with E-state index in [1.54, 1.807) is 18.2 Å². The number of aryl methyl sites for hydroxylation is 2. The van der Waals surface area contributed by atoms with Gasteiger partial charge in [-0.05, 0) is 43.2 Å². The third kappa shape index (κ3) is 4.11. The summed E-state index contributed by atoms with van der Waals surface area (Å²) < 4.78 is 0. The van der Waals surface area contributed by atoms with E-state index in [1.165, 1.54) is 17.8 Å². The minimum Gasteiger partial charge on any atom is -0.478 e. The van der Waals surface area contributed by atoms with Gasteiger partial charge in [-0.1, -0.05) is 24.3 Å². The van der Waals surface area contributed by atoms with Crippen molar-refractivity contribution in [1.82, 2.24) is 0 Å². The maximum Gasteiger partial charge on any atom is 0.336 e. The van der Waals surface area contributed by atoms with E-state index in [0.717, 1.165) is 16.8 Å². The quantitative estimate of drug-likeness (QED) is 0.825. The monoisotopic (exact) mass is 315 g/mol. The predicted octanol–water partition coefficient (Wildman–Crippen LogP) is 3.73. The summed E-state index contributed by atoms with van der Waals surface area (Å²) in [4.78, 5) is 23.8. The van der Waals surface area contributed by atoms with Crippen LogP contribution in [0.25, 0.3) is 0 Å². The number of aromatic carboxylic acids is 1. The second kappa shape index (κ2) is 7.13. The van der Waals surface area contributed by atoms with Crippen LogP contribution in [0.4, 0.5) is 5.69 Å². The van der Waals surface area contributed by atoms with Crippen LogP contribution in [0.15, 0.2) is 47.4 Å². The number of anilines is 1.